The van der Waals surface area contributed by atoms with E-state index < -0.39 is 0 Å². The van der Waals surface area contributed by atoms with Gasteiger partial charge in [0.2, 0.25) is 11.0 Å². The Bertz CT molecular complexity index is 668. The maximum Gasteiger partial charge on any atom is 0.235 e. The molecule has 2 heterocycles. The normalized spacial score (nSPS) is 17.0. The van der Waals surface area contributed by atoms with Crippen LogP contribution in [0.1, 0.15) is 25.3 Å². The van der Waals surface area contributed by atoms with Gasteiger partial charge >= 0.3 is 0 Å². The third-order valence-corrected chi connectivity index (χ3v) is 6.27. The van der Waals surface area contributed by atoms with E-state index in [0.29, 0.717) is 11.0 Å². The van der Waals surface area contributed by atoms with Crippen molar-refractivity contribution in [3.05, 3.63) is 35.9 Å². The summed E-state index contributed by atoms with van der Waals surface area (Å²) >= 11 is 2.77. The highest BCUT2D eigenvalue weighted by Gasteiger charge is 2.27. The molecule has 1 unspecified atom stereocenters. The molecule has 0 saturated carbocycles. The van der Waals surface area contributed by atoms with Crippen LogP contribution in [0.15, 0.2) is 34.7 Å². The molecule has 1 aliphatic rings. The third-order valence-electron chi connectivity index (χ3n) is 4.34. The number of carbonyl (C=O) groups excluding carboxylic acids is 1. The van der Waals surface area contributed by atoms with Gasteiger partial charge in [-0.2, -0.15) is 0 Å². The number of aromatic nitrogens is 2. The number of hydrogen-bond donors (Lipinski definition) is 1. The predicted octanol–water partition coefficient (Wildman–Crippen LogP) is 3.08. The standard InChI is InChI=1S/C17H22N4OS2/c1-12(23-17-20-19-16(18)24-17)15(22)21-9-7-14(8-10-21)11-13-5-3-2-4-6-13/h2-6,12,14H,7-11H2,1H3,(H2,18,19). The van der Waals surface area contributed by atoms with Crippen LogP contribution >= 0.6 is 23.1 Å². The van der Waals surface area contributed by atoms with Gasteiger partial charge in [-0.3, -0.25) is 4.79 Å². The molecule has 1 aromatic carbocycles. The van der Waals surface area contributed by atoms with Gasteiger partial charge in [0, 0.05) is 13.1 Å². The van der Waals surface area contributed by atoms with Crippen LogP contribution in [0.4, 0.5) is 5.13 Å². The molecule has 24 heavy (non-hydrogen) atoms. The van der Waals surface area contributed by atoms with E-state index in [2.05, 4.69) is 40.5 Å². The van der Waals surface area contributed by atoms with Gasteiger partial charge in [-0.25, -0.2) is 0 Å². The van der Waals surface area contributed by atoms with Crippen molar-refractivity contribution in [2.45, 2.75) is 35.8 Å². The monoisotopic (exact) mass is 362 g/mol. The molecule has 1 amide bonds. The fraction of sp³-hybridized carbons (Fsp3) is 0.471. The third kappa shape index (κ3) is 4.48. The SMILES string of the molecule is CC(Sc1nnc(N)s1)C(=O)N1CCC(Cc2ccccc2)CC1. The summed E-state index contributed by atoms with van der Waals surface area (Å²) in [6.07, 6.45) is 3.25. The Kier molecular flexibility index (Phi) is 5.73. The Balaban J connectivity index is 1.47. The second-order valence-corrected chi connectivity index (χ2v) is 8.72. The first kappa shape index (κ1) is 17.2. The van der Waals surface area contributed by atoms with E-state index in [1.165, 1.54) is 28.7 Å². The molecule has 0 radical (unpaired) electrons. The maximum absolute atomic E-state index is 12.6. The summed E-state index contributed by atoms with van der Waals surface area (Å²) in [5.74, 6) is 0.856. The van der Waals surface area contributed by atoms with Crippen molar-refractivity contribution in [1.29, 1.82) is 0 Å². The number of rotatable bonds is 5. The minimum atomic E-state index is -0.150. The quantitative estimate of drug-likeness (QED) is 0.828. The number of likely N-dealkylation sites (tertiary alicyclic amines) is 1. The lowest BCUT2D eigenvalue weighted by molar-refractivity contribution is -0.131. The number of hydrogen-bond acceptors (Lipinski definition) is 6. The van der Waals surface area contributed by atoms with Crippen molar-refractivity contribution < 1.29 is 4.79 Å². The highest BCUT2D eigenvalue weighted by Crippen LogP contribution is 2.29. The lowest BCUT2D eigenvalue weighted by Crippen LogP contribution is -2.42. The number of thioether (sulfide) groups is 1. The van der Waals surface area contributed by atoms with Gasteiger partial charge in [0.15, 0.2) is 4.34 Å². The summed E-state index contributed by atoms with van der Waals surface area (Å²) in [4.78, 5) is 14.6. The number of nitrogen functional groups attached to an aromatic ring is 1. The van der Waals surface area contributed by atoms with Crippen LogP contribution < -0.4 is 5.73 Å². The predicted molar refractivity (Wildman–Crippen MR) is 99.1 cm³/mol. The summed E-state index contributed by atoms with van der Waals surface area (Å²) in [5, 5.41) is 8.06. The van der Waals surface area contributed by atoms with Gasteiger partial charge in [0.25, 0.3) is 0 Å². The first-order valence-electron chi connectivity index (χ1n) is 8.20. The zero-order chi connectivity index (χ0) is 16.9. The van der Waals surface area contributed by atoms with Gasteiger partial charge in [-0.1, -0.05) is 53.4 Å². The number of nitrogens with zero attached hydrogens (tertiary/aromatic N) is 3. The molecule has 2 aromatic rings. The lowest BCUT2D eigenvalue weighted by atomic mass is 9.90. The van der Waals surface area contributed by atoms with Gasteiger partial charge in [0.1, 0.15) is 0 Å². The molecule has 7 heteroatoms. The molecular formula is C17H22N4OS2. The lowest BCUT2D eigenvalue weighted by Gasteiger charge is -2.33. The van der Waals surface area contributed by atoms with Crippen molar-refractivity contribution >= 4 is 34.1 Å². The van der Waals surface area contributed by atoms with E-state index in [0.717, 1.165) is 36.7 Å². The van der Waals surface area contributed by atoms with E-state index in [-0.39, 0.29) is 11.2 Å². The Morgan fingerprint density at radius 2 is 2.04 bits per heavy atom. The average Bonchev–Trinajstić information content (AvgIpc) is 3.00. The molecule has 1 aliphatic heterocycles. The molecule has 0 aliphatic carbocycles. The van der Waals surface area contributed by atoms with Crippen LogP contribution in [0.3, 0.4) is 0 Å². The Labute approximate surface area is 150 Å². The highest BCUT2D eigenvalue weighted by molar-refractivity contribution is 8.02. The van der Waals surface area contributed by atoms with Crippen molar-refractivity contribution in [2.24, 2.45) is 5.92 Å². The summed E-state index contributed by atoms with van der Waals surface area (Å²) in [7, 11) is 0. The fourth-order valence-electron chi connectivity index (χ4n) is 3.03. The molecule has 3 rings (SSSR count). The van der Waals surface area contributed by atoms with E-state index in [1.807, 2.05) is 11.8 Å². The van der Waals surface area contributed by atoms with Crippen molar-refractivity contribution in [2.75, 3.05) is 18.8 Å². The van der Waals surface area contributed by atoms with Crippen LogP contribution in [-0.2, 0) is 11.2 Å². The Hall–Kier alpha value is -1.60. The fourth-order valence-corrected chi connectivity index (χ4v) is 4.90. The first-order valence-corrected chi connectivity index (χ1v) is 9.90. The zero-order valence-electron chi connectivity index (χ0n) is 13.7. The van der Waals surface area contributed by atoms with Crippen molar-refractivity contribution in [3.63, 3.8) is 0 Å². The Morgan fingerprint density at radius 1 is 1.33 bits per heavy atom. The summed E-state index contributed by atoms with van der Waals surface area (Å²) in [6.45, 7) is 3.62. The highest BCUT2D eigenvalue weighted by atomic mass is 32.2. The summed E-state index contributed by atoms with van der Waals surface area (Å²) in [5.41, 5.74) is 6.98. The van der Waals surface area contributed by atoms with Gasteiger partial charge in [-0.15, -0.1) is 10.2 Å². The van der Waals surface area contributed by atoms with Crippen molar-refractivity contribution in [1.82, 2.24) is 15.1 Å². The second kappa shape index (κ2) is 7.98. The van der Waals surface area contributed by atoms with Crippen LogP contribution in [-0.4, -0.2) is 39.3 Å². The molecule has 0 bridgehead atoms. The summed E-state index contributed by atoms with van der Waals surface area (Å²) < 4.78 is 0.757. The van der Waals surface area contributed by atoms with E-state index in [1.54, 1.807) is 0 Å². The van der Waals surface area contributed by atoms with E-state index >= 15 is 0 Å². The van der Waals surface area contributed by atoms with E-state index in [9.17, 15) is 4.79 Å². The molecule has 1 atom stereocenters. The van der Waals surface area contributed by atoms with Crippen molar-refractivity contribution in [3.8, 4) is 0 Å². The minimum Gasteiger partial charge on any atom is -0.374 e. The van der Waals surface area contributed by atoms with Crippen LogP contribution in [0.2, 0.25) is 0 Å². The molecule has 128 valence electrons. The smallest absolute Gasteiger partial charge is 0.235 e. The van der Waals surface area contributed by atoms with Crippen LogP contribution in [0, 0.1) is 5.92 Å². The van der Waals surface area contributed by atoms with Gasteiger partial charge < -0.3 is 10.6 Å². The molecular weight excluding hydrogens is 340 g/mol. The number of piperidine rings is 1. The van der Waals surface area contributed by atoms with E-state index in [4.69, 9.17) is 5.73 Å². The Morgan fingerprint density at radius 3 is 2.67 bits per heavy atom. The van der Waals surface area contributed by atoms with Gasteiger partial charge in [0.05, 0.1) is 5.25 Å². The molecule has 1 fully saturated rings. The van der Waals surface area contributed by atoms with Gasteiger partial charge in [-0.05, 0) is 37.7 Å². The average molecular weight is 363 g/mol. The summed E-state index contributed by atoms with van der Waals surface area (Å²) in [6, 6.07) is 10.6. The topological polar surface area (TPSA) is 72.1 Å². The number of carbonyl (C=O) groups is 1. The molecule has 1 saturated heterocycles. The minimum absolute atomic E-state index is 0.150. The first-order chi connectivity index (χ1) is 11.6. The molecule has 5 nitrogen and oxygen atoms in total. The second-order valence-electron chi connectivity index (χ2n) is 6.12. The zero-order valence-corrected chi connectivity index (χ0v) is 15.4. The largest absolute Gasteiger partial charge is 0.374 e. The maximum atomic E-state index is 12.6. The molecule has 2 N–H and O–H groups in total. The van der Waals surface area contributed by atoms with Crippen LogP contribution in [0.5, 0.6) is 0 Å². The number of amides is 1. The molecule has 1 aromatic heterocycles. The number of benzene rings is 1. The van der Waals surface area contributed by atoms with Crippen LogP contribution in [0.25, 0.3) is 0 Å². The molecule has 0 spiro atoms. The number of anilines is 1. The number of nitrogens with two attached hydrogens (primary N) is 1.